The van der Waals surface area contributed by atoms with E-state index in [9.17, 15) is 44.7 Å². The maximum absolute atomic E-state index is 10.8. The summed E-state index contributed by atoms with van der Waals surface area (Å²) in [5, 5.41) is 54.1. The Morgan fingerprint density at radius 1 is 0.562 bits per heavy atom. The number of nitrogens with one attached hydrogen (secondary N) is 2. The summed E-state index contributed by atoms with van der Waals surface area (Å²) in [6.07, 6.45) is 38.1. The average molecular weight is 1050 g/mol. The first kappa shape index (κ1) is 68.7. The standard InChI is InChI=1S/C11H20N2O3.C11H22N2O.C9H18N2O2.C9H14N2O2.C8H11N.C6H10O.ClH.H2/c1-10(14)12-8-7-11(9-13(15)16)5-3-2-4-6-11;1-10(14)13-8-7-11(9-12)5-3-2-4-6-11;2*10-7-6-9(8-11(12)13)4-2-1-3-5-9;9-7-6-8-4-2-1-3-5-8;7-6-4-2-1-3-5-6;;/h2-9H2,1H3,(H,12,14);2-9,12H2,1H3,(H,13,14);1-8,10H2;1-6,8H2;6H,1-5H2;1-5H2;2*1H. The summed E-state index contributed by atoms with van der Waals surface area (Å²) in [5.74, 6) is 0.464. The van der Waals surface area contributed by atoms with Crippen molar-refractivity contribution in [2.75, 3.05) is 45.8 Å². The first-order valence-corrected chi connectivity index (χ1v) is 27.6. The molecule has 0 aromatic heterocycles. The van der Waals surface area contributed by atoms with Gasteiger partial charge in [-0.2, -0.15) is 10.5 Å². The highest BCUT2D eigenvalue weighted by Gasteiger charge is 2.38. The third-order valence-corrected chi connectivity index (χ3v) is 15.8. The Bertz CT molecular complexity index is 1700. The fourth-order valence-electron chi connectivity index (χ4n) is 11.6. The highest BCUT2D eigenvalue weighted by atomic mass is 35.5. The predicted octanol–water partition coefficient (Wildman–Crippen LogP) is 11.4. The normalized spacial score (nSPS) is 20.0. The second kappa shape index (κ2) is 40.1. The van der Waals surface area contributed by atoms with Crippen LogP contribution in [0.1, 0.15) is 234 Å². The first-order chi connectivity index (χ1) is 34.4. The van der Waals surface area contributed by atoms with E-state index in [1.54, 1.807) is 13.0 Å². The molecule has 0 aliphatic heterocycles. The first-order valence-electron chi connectivity index (χ1n) is 27.6. The fraction of sp³-hybridized carbons (Fsp3) is 0.870. The molecule has 6 saturated carbocycles. The molecular formula is C54H98ClN9O9. The summed E-state index contributed by atoms with van der Waals surface area (Å²) >= 11 is 0. The van der Waals surface area contributed by atoms with Crippen molar-refractivity contribution in [3.8, 4) is 12.1 Å². The Labute approximate surface area is 445 Å². The number of nitrogens with two attached hydrogens (primary N) is 2. The van der Waals surface area contributed by atoms with E-state index in [-0.39, 0.29) is 76.3 Å². The lowest BCUT2D eigenvalue weighted by Gasteiger charge is -2.36. The molecular weight excluding hydrogens is 954 g/mol. The molecule has 0 atom stereocenters. The van der Waals surface area contributed by atoms with Crippen LogP contribution in [0.2, 0.25) is 0 Å². The van der Waals surface area contributed by atoms with Crippen molar-refractivity contribution in [3.63, 3.8) is 0 Å². The molecule has 18 nitrogen and oxygen atoms in total. The Morgan fingerprint density at radius 2 is 0.890 bits per heavy atom. The monoisotopic (exact) mass is 1050 g/mol. The molecule has 0 bridgehead atoms. The number of halogens is 1. The number of nitriles is 2. The van der Waals surface area contributed by atoms with Crippen molar-refractivity contribution in [3.05, 3.63) is 42.0 Å². The van der Waals surface area contributed by atoms with Crippen molar-refractivity contribution in [2.24, 2.45) is 33.1 Å². The number of carbonyl (C=O) groups is 3. The summed E-state index contributed by atoms with van der Waals surface area (Å²) in [7, 11) is 0. The van der Waals surface area contributed by atoms with E-state index in [0.717, 1.165) is 154 Å². The van der Waals surface area contributed by atoms with Crippen LogP contribution in [0, 0.1) is 74.7 Å². The quantitative estimate of drug-likeness (QED) is 0.0636. The van der Waals surface area contributed by atoms with Gasteiger partial charge in [-0.15, -0.1) is 12.4 Å². The Morgan fingerprint density at radius 3 is 1.21 bits per heavy atom. The lowest BCUT2D eigenvalue weighted by molar-refractivity contribution is -0.499. The minimum atomic E-state index is -0.309. The van der Waals surface area contributed by atoms with Crippen molar-refractivity contribution < 1.29 is 30.6 Å². The summed E-state index contributed by atoms with van der Waals surface area (Å²) in [6, 6.07) is 4.15. The molecule has 0 heterocycles. The Balaban J connectivity index is 0. The van der Waals surface area contributed by atoms with Crippen LogP contribution in [-0.4, -0.2) is 78.2 Å². The lowest BCUT2D eigenvalue weighted by Crippen LogP contribution is -2.36. The van der Waals surface area contributed by atoms with Gasteiger partial charge in [-0.25, -0.2) is 0 Å². The van der Waals surface area contributed by atoms with E-state index in [1.807, 2.05) is 0 Å². The van der Waals surface area contributed by atoms with Gasteiger partial charge in [0.1, 0.15) is 5.78 Å². The molecule has 0 spiro atoms. The summed E-state index contributed by atoms with van der Waals surface area (Å²) in [6.45, 7) is 5.87. The van der Waals surface area contributed by atoms with Crippen molar-refractivity contribution in [1.29, 1.82) is 10.5 Å². The SMILES string of the molecule is CC(=O)NCCC1(CN)CCCCC1.CC(=O)NCCC1(C[N+](=O)[O-])CCCCC1.Cl.N#CC=C1CCCCC1.N#CCC1(C[N+](=O)[O-])CCCCC1.NCCC1(C[N+](=O)[O-])CCCCC1.O=C1CCCCC1.[HH]. The third kappa shape index (κ3) is 32.6. The zero-order valence-corrected chi connectivity index (χ0v) is 45.9. The molecule has 0 saturated heterocycles. The van der Waals surface area contributed by atoms with E-state index < -0.39 is 0 Å². The molecule has 420 valence electrons. The molecule has 0 unspecified atom stereocenters. The van der Waals surface area contributed by atoms with Crippen LogP contribution >= 0.6 is 12.4 Å². The van der Waals surface area contributed by atoms with E-state index in [1.165, 1.54) is 83.1 Å². The van der Waals surface area contributed by atoms with Crippen LogP contribution in [0.3, 0.4) is 0 Å². The molecule has 0 aromatic rings. The van der Waals surface area contributed by atoms with E-state index in [2.05, 4.69) is 22.8 Å². The zero-order valence-electron chi connectivity index (χ0n) is 45.0. The molecule has 0 aromatic carbocycles. The van der Waals surface area contributed by atoms with Gasteiger partial charge in [-0.3, -0.25) is 44.7 Å². The molecule has 6 aliphatic rings. The largest absolute Gasteiger partial charge is 0.356 e. The van der Waals surface area contributed by atoms with Crippen LogP contribution in [-0.2, 0) is 14.4 Å². The smallest absolute Gasteiger partial charge is 0.216 e. The van der Waals surface area contributed by atoms with E-state index in [4.69, 9.17) is 22.0 Å². The number of ketones is 1. The number of amides is 2. The van der Waals surface area contributed by atoms with Gasteiger partial charge in [0, 0.05) is 84.7 Å². The molecule has 6 N–H and O–H groups in total. The van der Waals surface area contributed by atoms with Gasteiger partial charge in [0.2, 0.25) is 31.4 Å². The number of hydrogen-bond donors (Lipinski definition) is 4. The Kier molecular flexibility index (Phi) is 37.8. The molecule has 0 radical (unpaired) electrons. The van der Waals surface area contributed by atoms with Gasteiger partial charge in [-0.1, -0.05) is 95.5 Å². The second-order valence-corrected chi connectivity index (χ2v) is 21.9. The number of carbonyl (C=O) groups excluding carboxylic acids is 3. The number of nitrogens with zero attached hydrogens (tertiary/aromatic N) is 5. The summed E-state index contributed by atoms with van der Waals surface area (Å²) in [4.78, 5) is 62.9. The fourth-order valence-corrected chi connectivity index (χ4v) is 11.6. The van der Waals surface area contributed by atoms with Crippen LogP contribution in [0.4, 0.5) is 0 Å². The zero-order chi connectivity index (χ0) is 53.6. The molecule has 2 amide bonds. The molecule has 6 aliphatic carbocycles. The molecule has 73 heavy (non-hydrogen) atoms. The van der Waals surface area contributed by atoms with E-state index in [0.29, 0.717) is 30.7 Å². The van der Waals surface area contributed by atoms with Gasteiger partial charge in [0.15, 0.2) is 0 Å². The average Bonchev–Trinajstić information content (AvgIpc) is 3.34. The minimum absolute atomic E-state index is 0. The number of allylic oxidation sites excluding steroid dienone is 2. The van der Waals surface area contributed by atoms with Crippen molar-refractivity contribution in [2.45, 2.75) is 232 Å². The van der Waals surface area contributed by atoms with Gasteiger partial charge in [0.05, 0.1) is 12.1 Å². The highest BCUT2D eigenvalue weighted by molar-refractivity contribution is 5.85. The predicted molar refractivity (Wildman–Crippen MR) is 291 cm³/mol. The summed E-state index contributed by atoms with van der Waals surface area (Å²) in [5.41, 5.74) is 12.5. The number of nitro groups is 3. The van der Waals surface area contributed by atoms with Gasteiger partial charge in [0.25, 0.3) is 0 Å². The van der Waals surface area contributed by atoms with Crippen LogP contribution < -0.4 is 22.1 Å². The van der Waals surface area contributed by atoms with Crippen LogP contribution in [0.5, 0.6) is 0 Å². The lowest BCUT2D eigenvalue weighted by atomic mass is 9.72. The molecule has 6 fully saturated rings. The van der Waals surface area contributed by atoms with Gasteiger partial charge in [-0.05, 0) is 128 Å². The van der Waals surface area contributed by atoms with Crippen LogP contribution in [0.15, 0.2) is 11.6 Å². The minimum Gasteiger partial charge on any atom is -0.356 e. The second-order valence-electron chi connectivity index (χ2n) is 21.9. The van der Waals surface area contributed by atoms with Crippen molar-refractivity contribution in [1.82, 2.24) is 10.6 Å². The maximum Gasteiger partial charge on any atom is 0.216 e. The number of rotatable bonds is 16. The highest BCUT2D eigenvalue weighted by Crippen LogP contribution is 2.41. The topological polar surface area (TPSA) is 304 Å². The summed E-state index contributed by atoms with van der Waals surface area (Å²) < 4.78 is 0. The van der Waals surface area contributed by atoms with Gasteiger partial charge < -0.3 is 22.1 Å². The van der Waals surface area contributed by atoms with E-state index >= 15 is 0 Å². The van der Waals surface area contributed by atoms with Crippen LogP contribution in [0.25, 0.3) is 0 Å². The maximum atomic E-state index is 10.8. The Hall–Kier alpha value is -4.26. The molecule has 6 rings (SSSR count). The third-order valence-electron chi connectivity index (χ3n) is 15.8. The molecule has 19 heteroatoms. The number of Topliss-reactive ketones (excluding diaryl/α,β-unsaturated/α-hetero) is 1. The number of hydrogen-bond acceptors (Lipinski definition) is 13. The van der Waals surface area contributed by atoms with Gasteiger partial charge >= 0.3 is 0 Å². The van der Waals surface area contributed by atoms with Crippen molar-refractivity contribution >= 4 is 30.0 Å².